The molecule has 1 rings (SSSR count). The number of hydrogen-bond donors (Lipinski definition) is 1. The summed E-state index contributed by atoms with van der Waals surface area (Å²) in [4.78, 5) is 23.5. The second-order valence-corrected chi connectivity index (χ2v) is 4.70. The summed E-state index contributed by atoms with van der Waals surface area (Å²) in [6.07, 6.45) is -0.0510. The van der Waals surface area contributed by atoms with Gasteiger partial charge in [0.15, 0.2) is 0 Å². The first-order valence-corrected chi connectivity index (χ1v) is 6.68. The van der Waals surface area contributed by atoms with Crippen molar-refractivity contribution in [3.8, 4) is 0 Å². The smallest absolute Gasteiger partial charge is 0.411 e. The van der Waals surface area contributed by atoms with E-state index < -0.39 is 11.5 Å². The molecule has 20 heavy (non-hydrogen) atoms. The molecular formula is C15H21NO4. The monoisotopic (exact) mass is 279 g/mol. The molecule has 110 valence electrons. The molecule has 1 aromatic carbocycles. The van der Waals surface area contributed by atoms with Crippen molar-refractivity contribution in [2.45, 2.75) is 27.2 Å². The molecule has 0 aromatic heterocycles. The molecule has 1 N–H and O–H groups in total. The minimum Gasteiger partial charge on any atom is -0.465 e. The Morgan fingerprint density at radius 1 is 1.15 bits per heavy atom. The zero-order valence-electron chi connectivity index (χ0n) is 12.1. The van der Waals surface area contributed by atoms with Gasteiger partial charge in [-0.25, -0.2) is 4.79 Å². The van der Waals surface area contributed by atoms with E-state index in [-0.39, 0.29) is 12.6 Å². The standard InChI is InChI=1S/C15H21NO4/c1-4-15(3,13(17)19-5-2)11-20-14(18)16-12-9-7-6-8-10-12/h6-10H,4-5,11H2,1-3H3,(H,16,18). The second-order valence-electron chi connectivity index (χ2n) is 4.70. The lowest BCUT2D eigenvalue weighted by atomic mass is 9.89. The molecule has 5 heteroatoms. The van der Waals surface area contributed by atoms with Crippen molar-refractivity contribution in [2.24, 2.45) is 5.41 Å². The van der Waals surface area contributed by atoms with Crippen molar-refractivity contribution in [3.05, 3.63) is 30.3 Å². The molecule has 0 saturated carbocycles. The summed E-state index contributed by atoms with van der Waals surface area (Å²) in [5.41, 5.74) is -0.170. The number of carbonyl (C=O) groups is 2. The van der Waals surface area contributed by atoms with E-state index in [1.54, 1.807) is 26.0 Å². The molecule has 5 nitrogen and oxygen atoms in total. The highest BCUT2D eigenvalue weighted by molar-refractivity contribution is 5.85. The first kappa shape index (κ1) is 16.0. The molecule has 0 aliphatic rings. The predicted molar refractivity (Wildman–Crippen MR) is 76.4 cm³/mol. The van der Waals surface area contributed by atoms with E-state index in [9.17, 15) is 9.59 Å². The van der Waals surface area contributed by atoms with Crippen LogP contribution >= 0.6 is 0 Å². The van der Waals surface area contributed by atoms with Gasteiger partial charge in [-0.2, -0.15) is 0 Å². The van der Waals surface area contributed by atoms with Crippen LogP contribution in [0.3, 0.4) is 0 Å². The summed E-state index contributed by atoms with van der Waals surface area (Å²) < 4.78 is 10.1. The van der Waals surface area contributed by atoms with Crippen LogP contribution in [0.2, 0.25) is 0 Å². The highest BCUT2D eigenvalue weighted by Gasteiger charge is 2.34. The van der Waals surface area contributed by atoms with E-state index in [2.05, 4.69) is 5.32 Å². The molecule has 0 heterocycles. The van der Waals surface area contributed by atoms with Gasteiger partial charge in [0.2, 0.25) is 0 Å². The molecule has 1 unspecified atom stereocenters. The molecule has 1 aromatic rings. The Balaban J connectivity index is 2.52. The molecule has 0 spiro atoms. The van der Waals surface area contributed by atoms with Gasteiger partial charge in [0.25, 0.3) is 0 Å². The molecule has 0 aliphatic heterocycles. The molecule has 0 radical (unpaired) electrons. The Morgan fingerprint density at radius 2 is 1.80 bits per heavy atom. The number of anilines is 1. The SMILES string of the molecule is CCOC(=O)C(C)(CC)COC(=O)Nc1ccccc1. The lowest BCUT2D eigenvalue weighted by Crippen LogP contribution is -2.35. The average molecular weight is 279 g/mol. The summed E-state index contributed by atoms with van der Waals surface area (Å²) in [6, 6.07) is 8.98. The molecule has 1 atom stereocenters. The van der Waals surface area contributed by atoms with Gasteiger partial charge in [0.05, 0.1) is 12.0 Å². The number of amides is 1. The van der Waals surface area contributed by atoms with Crippen LogP contribution in [0.5, 0.6) is 0 Å². The predicted octanol–water partition coefficient (Wildman–Crippen LogP) is 3.21. The van der Waals surface area contributed by atoms with Crippen LogP contribution < -0.4 is 5.32 Å². The van der Waals surface area contributed by atoms with Gasteiger partial charge in [-0.3, -0.25) is 10.1 Å². The topological polar surface area (TPSA) is 64.6 Å². The lowest BCUT2D eigenvalue weighted by molar-refractivity contribution is -0.156. The zero-order valence-corrected chi connectivity index (χ0v) is 12.1. The summed E-state index contributed by atoms with van der Waals surface area (Å²) >= 11 is 0. The number of carbonyl (C=O) groups excluding carboxylic acids is 2. The van der Waals surface area contributed by atoms with Gasteiger partial charge in [0, 0.05) is 5.69 Å². The van der Waals surface area contributed by atoms with Crippen LogP contribution in [0.25, 0.3) is 0 Å². The maximum Gasteiger partial charge on any atom is 0.411 e. The van der Waals surface area contributed by atoms with Crippen molar-refractivity contribution < 1.29 is 19.1 Å². The molecule has 1 amide bonds. The van der Waals surface area contributed by atoms with Crippen molar-refractivity contribution >= 4 is 17.7 Å². The third kappa shape index (κ3) is 4.57. The van der Waals surface area contributed by atoms with E-state index in [1.807, 2.05) is 25.1 Å². The average Bonchev–Trinajstić information content (AvgIpc) is 2.46. The molecule has 0 saturated heterocycles. The molecule has 0 fully saturated rings. The van der Waals surface area contributed by atoms with Crippen molar-refractivity contribution in [1.29, 1.82) is 0 Å². The van der Waals surface area contributed by atoms with Gasteiger partial charge >= 0.3 is 12.1 Å². The van der Waals surface area contributed by atoms with Gasteiger partial charge in [-0.1, -0.05) is 25.1 Å². The summed E-state index contributed by atoms with van der Waals surface area (Å²) in [7, 11) is 0. The minimum absolute atomic E-state index is 0.0129. The van der Waals surface area contributed by atoms with Gasteiger partial charge in [-0.15, -0.1) is 0 Å². The van der Waals surface area contributed by atoms with E-state index in [4.69, 9.17) is 9.47 Å². The normalized spacial score (nSPS) is 13.2. The summed E-state index contributed by atoms with van der Waals surface area (Å²) in [6.45, 7) is 5.62. The van der Waals surface area contributed by atoms with Crippen LogP contribution in [-0.4, -0.2) is 25.3 Å². The van der Waals surface area contributed by atoms with Gasteiger partial charge in [-0.05, 0) is 32.4 Å². The Bertz CT molecular complexity index is 446. The Labute approximate surface area is 119 Å². The molecule has 0 aliphatic carbocycles. The largest absolute Gasteiger partial charge is 0.465 e. The Kier molecular flexibility index (Phi) is 6.03. The van der Waals surface area contributed by atoms with Crippen LogP contribution in [0, 0.1) is 5.41 Å². The number of esters is 1. The lowest BCUT2D eigenvalue weighted by Gasteiger charge is -2.25. The fourth-order valence-corrected chi connectivity index (χ4v) is 1.51. The molecular weight excluding hydrogens is 258 g/mol. The highest BCUT2D eigenvalue weighted by Crippen LogP contribution is 2.23. The number of nitrogens with one attached hydrogen (secondary N) is 1. The van der Waals surface area contributed by atoms with Gasteiger partial charge in [0.1, 0.15) is 6.61 Å². The van der Waals surface area contributed by atoms with E-state index in [0.29, 0.717) is 18.7 Å². The number of para-hydroxylation sites is 1. The van der Waals surface area contributed by atoms with E-state index in [0.717, 1.165) is 0 Å². The number of benzene rings is 1. The molecule has 0 bridgehead atoms. The quantitative estimate of drug-likeness (QED) is 0.812. The van der Waals surface area contributed by atoms with Crippen molar-refractivity contribution in [2.75, 3.05) is 18.5 Å². The van der Waals surface area contributed by atoms with Gasteiger partial charge < -0.3 is 9.47 Å². The zero-order chi connectivity index (χ0) is 15.0. The van der Waals surface area contributed by atoms with Crippen LogP contribution in [0.4, 0.5) is 10.5 Å². The van der Waals surface area contributed by atoms with Crippen molar-refractivity contribution in [1.82, 2.24) is 0 Å². The summed E-state index contributed by atoms with van der Waals surface area (Å²) in [5.74, 6) is -0.352. The van der Waals surface area contributed by atoms with Crippen molar-refractivity contribution in [3.63, 3.8) is 0 Å². The second kappa shape index (κ2) is 7.53. The first-order chi connectivity index (χ1) is 9.51. The number of ether oxygens (including phenoxy) is 2. The van der Waals surface area contributed by atoms with E-state index in [1.165, 1.54) is 0 Å². The fourth-order valence-electron chi connectivity index (χ4n) is 1.51. The number of hydrogen-bond acceptors (Lipinski definition) is 4. The number of rotatable bonds is 6. The summed E-state index contributed by atoms with van der Waals surface area (Å²) in [5, 5.41) is 2.60. The minimum atomic E-state index is -0.815. The van der Waals surface area contributed by atoms with Crippen LogP contribution in [0.15, 0.2) is 30.3 Å². The Hall–Kier alpha value is -2.04. The Morgan fingerprint density at radius 3 is 2.35 bits per heavy atom. The maximum atomic E-state index is 11.8. The maximum absolute atomic E-state index is 11.8. The fraction of sp³-hybridized carbons (Fsp3) is 0.467. The van der Waals surface area contributed by atoms with Crippen LogP contribution in [0.1, 0.15) is 27.2 Å². The third-order valence-corrected chi connectivity index (χ3v) is 3.09. The van der Waals surface area contributed by atoms with Crippen LogP contribution in [-0.2, 0) is 14.3 Å². The van der Waals surface area contributed by atoms with E-state index >= 15 is 0 Å². The highest BCUT2D eigenvalue weighted by atomic mass is 16.6. The first-order valence-electron chi connectivity index (χ1n) is 6.68. The third-order valence-electron chi connectivity index (χ3n) is 3.09.